The molecule has 0 saturated carbocycles. The Morgan fingerprint density at radius 1 is 1.08 bits per heavy atom. The molecular formula is C28H35N3O8. The molecule has 210 valence electrons. The van der Waals surface area contributed by atoms with E-state index in [0.29, 0.717) is 59.9 Å². The molecule has 0 unspecified atom stereocenters. The van der Waals surface area contributed by atoms with Gasteiger partial charge in [-0.15, -0.1) is 0 Å². The Kier molecular flexibility index (Phi) is 9.75. The van der Waals surface area contributed by atoms with Gasteiger partial charge in [-0.3, -0.25) is 19.2 Å². The first-order chi connectivity index (χ1) is 18.6. The molecule has 3 rings (SSSR count). The van der Waals surface area contributed by atoms with Gasteiger partial charge >= 0.3 is 5.97 Å². The Balaban J connectivity index is 2.00. The summed E-state index contributed by atoms with van der Waals surface area (Å²) in [5.41, 5.74) is 3.08. The van der Waals surface area contributed by atoms with Gasteiger partial charge in [-0.05, 0) is 61.1 Å². The topological polar surface area (TPSA) is 152 Å². The van der Waals surface area contributed by atoms with Crippen LogP contribution in [0.4, 0.5) is 5.69 Å². The molecule has 1 aliphatic rings. The third kappa shape index (κ3) is 6.78. The van der Waals surface area contributed by atoms with E-state index in [1.807, 2.05) is 12.1 Å². The van der Waals surface area contributed by atoms with Crippen LogP contribution in [0, 0.1) is 0 Å². The van der Waals surface area contributed by atoms with E-state index in [-0.39, 0.29) is 23.7 Å². The number of nitrogens with one attached hydrogen (secondary N) is 3. The molecule has 11 nitrogen and oxygen atoms in total. The number of carboxylic acid groups (broad SMARTS) is 1. The molecule has 1 aliphatic carbocycles. The lowest BCUT2D eigenvalue weighted by molar-refractivity contribution is -0.141. The summed E-state index contributed by atoms with van der Waals surface area (Å²) in [6, 6.07) is 5.50. The smallest absolute Gasteiger partial charge is 0.325 e. The number of hydrogen-bond acceptors (Lipinski definition) is 8. The maximum absolute atomic E-state index is 13.3. The fraction of sp³-hybridized carbons (Fsp3) is 0.429. The van der Waals surface area contributed by atoms with Crippen molar-refractivity contribution in [2.24, 2.45) is 0 Å². The molecule has 2 atom stereocenters. The summed E-state index contributed by atoms with van der Waals surface area (Å²) >= 11 is 0. The minimum absolute atomic E-state index is 0.102. The molecule has 4 N–H and O–H groups in total. The van der Waals surface area contributed by atoms with E-state index in [1.165, 1.54) is 34.1 Å². The van der Waals surface area contributed by atoms with Crippen LogP contribution in [0.3, 0.4) is 0 Å². The molecule has 0 radical (unpaired) electrons. The van der Waals surface area contributed by atoms with Crippen molar-refractivity contribution in [2.75, 3.05) is 33.2 Å². The summed E-state index contributed by atoms with van der Waals surface area (Å²) in [4.78, 5) is 48.2. The van der Waals surface area contributed by atoms with Crippen LogP contribution >= 0.6 is 0 Å². The Morgan fingerprint density at radius 2 is 1.79 bits per heavy atom. The Hall–Kier alpha value is -4.28. The molecule has 0 fully saturated rings. The maximum Gasteiger partial charge on any atom is 0.325 e. The number of benzene rings is 1. The summed E-state index contributed by atoms with van der Waals surface area (Å²) in [6.45, 7) is 3.15. The van der Waals surface area contributed by atoms with Crippen LogP contribution in [-0.4, -0.2) is 56.8 Å². The van der Waals surface area contributed by atoms with Crippen LogP contribution in [0.25, 0.3) is 11.1 Å². The molecule has 2 aromatic carbocycles. The van der Waals surface area contributed by atoms with Crippen LogP contribution in [0.2, 0.25) is 0 Å². The number of hydrogen-bond donors (Lipinski definition) is 4. The highest BCUT2D eigenvalue weighted by atomic mass is 16.5. The number of methoxy groups -OCH3 is 3. The molecule has 0 bridgehead atoms. The number of amides is 2. The highest BCUT2D eigenvalue weighted by Crippen LogP contribution is 2.50. The summed E-state index contributed by atoms with van der Waals surface area (Å²) < 4.78 is 16.9. The van der Waals surface area contributed by atoms with Gasteiger partial charge in [-0.1, -0.05) is 6.07 Å². The summed E-state index contributed by atoms with van der Waals surface area (Å²) in [6.07, 6.45) is 1.63. The van der Waals surface area contributed by atoms with E-state index in [4.69, 9.17) is 19.3 Å². The van der Waals surface area contributed by atoms with E-state index < -0.39 is 18.1 Å². The van der Waals surface area contributed by atoms with E-state index in [2.05, 4.69) is 16.0 Å². The zero-order chi connectivity index (χ0) is 28.7. The highest BCUT2D eigenvalue weighted by molar-refractivity contribution is 5.84. The fourth-order valence-electron chi connectivity index (χ4n) is 4.70. The van der Waals surface area contributed by atoms with Gasteiger partial charge in [0, 0.05) is 25.5 Å². The van der Waals surface area contributed by atoms with Crippen molar-refractivity contribution in [3.8, 4) is 28.4 Å². The van der Waals surface area contributed by atoms with Gasteiger partial charge < -0.3 is 35.3 Å². The van der Waals surface area contributed by atoms with Gasteiger partial charge in [0.25, 0.3) is 0 Å². The summed E-state index contributed by atoms with van der Waals surface area (Å²) in [5, 5.41) is 17.4. The standard InChI is InChI=1S/C28H35N3O8/c1-15(28(35)36)30-24(34)7-6-12-29-21-11-9-18-19(14-22(21)33)20(31-16(2)32)10-8-17-13-23(37-3)26(38-4)27(39-5)25(17)18/h9,11,13-15,20H,6-8,10,12H2,1-5H3,(H,29,33)(H,30,34)(H,31,32)(H,35,36)/t15-,20-/m0/s1. The van der Waals surface area contributed by atoms with E-state index in [0.717, 1.165) is 11.1 Å². The molecule has 0 saturated heterocycles. The number of aryl methyl sites for hydroxylation is 1. The number of carbonyl (C=O) groups excluding carboxylic acids is 2. The Bertz CT molecular complexity index is 1310. The SMILES string of the molecule is COc1cc2c(c(OC)c1OC)-c1ccc(NCCCC(=O)N[C@@H](C)C(=O)O)c(=O)cc1[C@@H](NC(C)=O)CC2. The average Bonchev–Trinajstić information content (AvgIpc) is 3.13. The van der Waals surface area contributed by atoms with Crippen molar-refractivity contribution in [2.45, 2.75) is 51.6 Å². The largest absolute Gasteiger partial charge is 0.493 e. The number of aliphatic carboxylic acids is 1. The molecular weight excluding hydrogens is 506 g/mol. The molecule has 0 spiro atoms. The van der Waals surface area contributed by atoms with Gasteiger partial charge in [-0.25, -0.2) is 0 Å². The summed E-state index contributed by atoms with van der Waals surface area (Å²) in [7, 11) is 4.61. The first-order valence-corrected chi connectivity index (χ1v) is 12.6. The van der Waals surface area contributed by atoms with Crippen molar-refractivity contribution < 1.29 is 33.7 Å². The van der Waals surface area contributed by atoms with Crippen LogP contribution in [-0.2, 0) is 20.8 Å². The lowest BCUT2D eigenvalue weighted by atomic mass is 9.95. The Morgan fingerprint density at radius 3 is 2.41 bits per heavy atom. The quantitative estimate of drug-likeness (QED) is 0.315. The molecule has 2 amide bonds. The number of fused-ring (bicyclic) bond motifs is 3. The number of anilines is 1. The molecule has 39 heavy (non-hydrogen) atoms. The van der Waals surface area contributed by atoms with Crippen LogP contribution in [0.1, 0.15) is 50.3 Å². The van der Waals surface area contributed by atoms with Crippen LogP contribution in [0.5, 0.6) is 17.2 Å². The van der Waals surface area contributed by atoms with Crippen molar-refractivity contribution in [1.29, 1.82) is 0 Å². The number of carbonyl (C=O) groups is 3. The van der Waals surface area contributed by atoms with E-state index in [9.17, 15) is 19.2 Å². The maximum atomic E-state index is 13.3. The van der Waals surface area contributed by atoms with Gasteiger partial charge in [-0.2, -0.15) is 0 Å². The van der Waals surface area contributed by atoms with Crippen molar-refractivity contribution in [1.82, 2.24) is 10.6 Å². The van der Waals surface area contributed by atoms with E-state index in [1.54, 1.807) is 13.2 Å². The predicted octanol–water partition coefficient (Wildman–Crippen LogP) is 2.64. The second-order valence-corrected chi connectivity index (χ2v) is 9.25. The van der Waals surface area contributed by atoms with Crippen molar-refractivity contribution in [3.05, 3.63) is 45.6 Å². The second-order valence-electron chi connectivity index (χ2n) is 9.25. The third-order valence-corrected chi connectivity index (χ3v) is 6.56. The zero-order valence-electron chi connectivity index (χ0n) is 22.8. The fourth-order valence-corrected chi connectivity index (χ4v) is 4.70. The average molecular weight is 542 g/mol. The number of carboxylic acids is 1. The number of ether oxygens (including phenoxy) is 3. The highest BCUT2D eigenvalue weighted by Gasteiger charge is 2.29. The monoisotopic (exact) mass is 541 g/mol. The van der Waals surface area contributed by atoms with Crippen molar-refractivity contribution in [3.63, 3.8) is 0 Å². The minimum Gasteiger partial charge on any atom is -0.493 e. The molecule has 0 heterocycles. The molecule has 2 aromatic rings. The number of rotatable bonds is 11. The van der Waals surface area contributed by atoms with Gasteiger partial charge in [0.05, 0.1) is 33.1 Å². The normalized spacial score (nSPS) is 14.5. The summed E-state index contributed by atoms with van der Waals surface area (Å²) in [5.74, 6) is -0.309. The third-order valence-electron chi connectivity index (χ3n) is 6.56. The van der Waals surface area contributed by atoms with Crippen LogP contribution < -0.4 is 35.6 Å². The lowest BCUT2D eigenvalue weighted by Gasteiger charge is -2.19. The zero-order valence-corrected chi connectivity index (χ0v) is 22.8. The molecule has 0 aromatic heterocycles. The second kappa shape index (κ2) is 13.0. The lowest BCUT2D eigenvalue weighted by Crippen LogP contribution is -2.38. The Labute approximate surface area is 226 Å². The van der Waals surface area contributed by atoms with Crippen LogP contribution in [0.15, 0.2) is 29.1 Å². The molecule has 0 aliphatic heterocycles. The first-order valence-electron chi connectivity index (χ1n) is 12.6. The predicted molar refractivity (Wildman–Crippen MR) is 146 cm³/mol. The van der Waals surface area contributed by atoms with Gasteiger partial charge in [0.15, 0.2) is 11.5 Å². The minimum atomic E-state index is -1.11. The van der Waals surface area contributed by atoms with Gasteiger partial charge in [0.1, 0.15) is 6.04 Å². The first kappa shape index (κ1) is 29.3. The van der Waals surface area contributed by atoms with E-state index >= 15 is 0 Å². The molecule has 11 heteroatoms. The van der Waals surface area contributed by atoms with Crippen molar-refractivity contribution >= 4 is 23.5 Å². The van der Waals surface area contributed by atoms with Gasteiger partial charge in [0.2, 0.25) is 23.0 Å².